The minimum Gasteiger partial charge on any atom is -0.495 e. The van der Waals surface area contributed by atoms with Crippen molar-refractivity contribution in [3.63, 3.8) is 0 Å². The van der Waals surface area contributed by atoms with Gasteiger partial charge in [0.1, 0.15) is 17.2 Å². The molecule has 0 spiro atoms. The highest BCUT2D eigenvalue weighted by atomic mass is 35.5. The van der Waals surface area contributed by atoms with E-state index in [1.165, 1.54) is 37.3 Å². The maximum absolute atomic E-state index is 12.4. The minimum absolute atomic E-state index is 0.182. The number of hydrogen-bond donors (Lipinski definition) is 1. The van der Waals surface area contributed by atoms with Gasteiger partial charge in [-0.15, -0.1) is 11.3 Å². The lowest BCUT2D eigenvalue weighted by Gasteiger charge is -2.12. The van der Waals surface area contributed by atoms with E-state index in [-0.39, 0.29) is 11.7 Å². The van der Waals surface area contributed by atoms with Crippen molar-refractivity contribution >= 4 is 56.5 Å². The van der Waals surface area contributed by atoms with Crippen LogP contribution in [0.5, 0.6) is 17.2 Å². The second kappa shape index (κ2) is 9.36. The van der Waals surface area contributed by atoms with E-state index < -0.39 is 0 Å². The molecule has 1 amide bonds. The molecule has 1 heterocycles. The van der Waals surface area contributed by atoms with Crippen LogP contribution in [0.3, 0.4) is 0 Å². The predicted octanol–water partition coefficient (Wildman–Crippen LogP) is 5.10. The fourth-order valence-electron chi connectivity index (χ4n) is 2.47. The molecule has 6 nitrogen and oxygen atoms in total. The number of carbonyl (C=O) groups is 1. The molecule has 0 aliphatic carbocycles. The normalized spacial score (nSPS) is 10.7. The Bertz CT molecular complexity index is 993. The molecule has 148 valence electrons. The standard InChI is InChI=1S/C19H19ClN2O4S2/c1-4-26-11-5-6-13-17(7-11)28-19(22-13)27-10-18(23)21-14-8-12(20)15(24-2)9-16(14)25-3/h5-9H,4,10H2,1-3H3,(H,21,23). The molecule has 3 rings (SSSR count). The summed E-state index contributed by atoms with van der Waals surface area (Å²) in [7, 11) is 3.04. The number of benzene rings is 2. The molecule has 0 unspecified atom stereocenters. The van der Waals surface area contributed by atoms with Crippen molar-refractivity contribution in [1.29, 1.82) is 0 Å². The van der Waals surface area contributed by atoms with Gasteiger partial charge in [-0.3, -0.25) is 4.79 Å². The van der Waals surface area contributed by atoms with Crippen molar-refractivity contribution < 1.29 is 19.0 Å². The second-order valence-corrected chi connectivity index (χ2v) is 8.23. The zero-order valence-corrected chi connectivity index (χ0v) is 18.0. The lowest BCUT2D eigenvalue weighted by molar-refractivity contribution is -0.113. The summed E-state index contributed by atoms with van der Waals surface area (Å²) < 4.78 is 17.8. The molecule has 0 atom stereocenters. The summed E-state index contributed by atoms with van der Waals surface area (Å²) in [6.07, 6.45) is 0. The number of thiazole rings is 1. The molecule has 0 aliphatic heterocycles. The Hall–Kier alpha value is -2.16. The van der Waals surface area contributed by atoms with Crippen LogP contribution in [0.1, 0.15) is 6.92 Å². The zero-order valence-electron chi connectivity index (χ0n) is 15.6. The molecule has 0 saturated carbocycles. The van der Waals surface area contributed by atoms with E-state index >= 15 is 0 Å². The van der Waals surface area contributed by atoms with Crippen LogP contribution in [0.25, 0.3) is 10.2 Å². The van der Waals surface area contributed by atoms with E-state index in [0.29, 0.717) is 28.8 Å². The van der Waals surface area contributed by atoms with Crippen LogP contribution in [0, 0.1) is 0 Å². The average Bonchev–Trinajstić information content (AvgIpc) is 3.09. The van der Waals surface area contributed by atoms with E-state index in [0.717, 1.165) is 20.3 Å². The summed E-state index contributed by atoms with van der Waals surface area (Å²) in [6.45, 7) is 2.56. The Morgan fingerprint density at radius 2 is 2.00 bits per heavy atom. The van der Waals surface area contributed by atoms with Crippen LogP contribution in [-0.4, -0.2) is 37.5 Å². The third-order valence-electron chi connectivity index (χ3n) is 3.73. The lowest BCUT2D eigenvalue weighted by atomic mass is 10.2. The fraction of sp³-hybridized carbons (Fsp3) is 0.263. The number of nitrogens with zero attached hydrogens (tertiary/aromatic N) is 1. The first-order valence-electron chi connectivity index (χ1n) is 8.41. The first-order chi connectivity index (χ1) is 13.5. The van der Waals surface area contributed by atoms with Crippen LogP contribution < -0.4 is 19.5 Å². The number of aromatic nitrogens is 1. The number of nitrogens with one attached hydrogen (secondary N) is 1. The molecule has 9 heteroatoms. The number of rotatable bonds is 8. The monoisotopic (exact) mass is 438 g/mol. The summed E-state index contributed by atoms with van der Waals surface area (Å²) in [4.78, 5) is 16.9. The third-order valence-corrected chi connectivity index (χ3v) is 6.18. The molecule has 0 bridgehead atoms. The number of amides is 1. The van der Waals surface area contributed by atoms with Crippen LogP contribution in [-0.2, 0) is 4.79 Å². The van der Waals surface area contributed by atoms with Crippen molar-refractivity contribution in [3.05, 3.63) is 35.4 Å². The van der Waals surface area contributed by atoms with E-state index in [1.807, 2.05) is 25.1 Å². The largest absolute Gasteiger partial charge is 0.495 e. The number of carbonyl (C=O) groups excluding carboxylic acids is 1. The van der Waals surface area contributed by atoms with Gasteiger partial charge in [-0.2, -0.15) is 0 Å². The summed E-state index contributed by atoms with van der Waals surface area (Å²) in [5.74, 6) is 1.80. The van der Waals surface area contributed by atoms with Crippen molar-refractivity contribution in [1.82, 2.24) is 4.98 Å². The quantitative estimate of drug-likeness (QED) is 0.493. The highest BCUT2D eigenvalue weighted by Crippen LogP contribution is 2.36. The molecular formula is C19H19ClN2O4S2. The zero-order chi connectivity index (χ0) is 20.1. The lowest BCUT2D eigenvalue weighted by Crippen LogP contribution is -2.14. The van der Waals surface area contributed by atoms with Gasteiger partial charge in [0.2, 0.25) is 5.91 Å². The molecule has 0 aliphatic rings. The Morgan fingerprint density at radius 1 is 1.21 bits per heavy atom. The SMILES string of the molecule is CCOc1ccc2nc(SCC(=O)Nc3cc(Cl)c(OC)cc3OC)sc2c1. The number of anilines is 1. The van der Waals surface area contributed by atoms with Gasteiger partial charge >= 0.3 is 0 Å². The number of thioether (sulfide) groups is 1. The highest BCUT2D eigenvalue weighted by molar-refractivity contribution is 8.01. The van der Waals surface area contributed by atoms with Crippen LogP contribution in [0.4, 0.5) is 5.69 Å². The number of fused-ring (bicyclic) bond motifs is 1. The maximum atomic E-state index is 12.4. The molecule has 0 saturated heterocycles. The van der Waals surface area contributed by atoms with Crippen molar-refractivity contribution in [2.24, 2.45) is 0 Å². The maximum Gasteiger partial charge on any atom is 0.234 e. The molecule has 3 aromatic rings. The van der Waals surface area contributed by atoms with Gasteiger partial charge in [-0.05, 0) is 31.2 Å². The number of ether oxygens (including phenoxy) is 3. The van der Waals surface area contributed by atoms with E-state index in [2.05, 4.69) is 10.3 Å². The summed E-state index contributed by atoms with van der Waals surface area (Å²) in [5, 5.41) is 3.21. The van der Waals surface area contributed by atoms with Crippen molar-refractivity contribution in [2.45, 2.75) is 11.3 Å². The first kappa shape index (κ1) is 20.6. The number of halogens is 1. The Morgan fingerprint density at radius 3 is 2.71 bits per heavy atom. The summed E-state index contributed by atoms with van der Waals surface area (Å²) in [5.41, 5.74) is 1.38. The van der Waals surface area contributed by atoms with E-state index in [1.54, 1.807) is 12.1 Å². The average molecular weight is 439 g/mol. The minimum atomic E-state index is -0.182. The summed E-state index contributed by atoms with van der Waals surface area (Å²) >= 11 is 9.04. The fourth-order valence-corrected chi connectivity index (χ4v) is 4.61. The van der Waals surface area contributed by atoms with Gasteiger partial charge in [0.15, 0.2) is 4.34 Å². The smallest absolute Gasteiger partial charge is 0.234 e. The Balaban J connectivity index is 1.66. The van der Waals surface area contributed by atoms with Gasteiger partial charge in [0.05, 0.1) is 47.5 Å². The van der Waals surface area contributed by atoms with Crippen LogP contribution in [0.2, 0.25) is 5.02 Å². The van der Waals surface area contributed by atoms with Crippen molar-refractivity contribution in [3.8, 4) is 17.2 Å². The van der Waals surface area contributed by atoms with Gasteiger partial charge < -0.3 is 19.5 Å². The molecule has 2 aromatic carbocycles. The van der Waals surface area contributed by atoms with Crippen molar-refractivity contribution in [2.75, 3.05) is 31.9 Å². The number of methoxy groups -OCH3 is 2. The van der Waals surface area contributed by atoms with Gasteiger partial charge in [0, 0.05) is 6.07 Å². The molecule has 28 heavy (non-hydrogen) atoms. The number of hydrogen-bond acceptors (Lipinski definition) is 7. The van der Waals surface area contributed by atoms with Crippen LogP contribution >= 0.6 is 34.7 Å². The Labute approximate surface area is 176 Å². The second-order valence-electron chi connectivity index (χ2n) is 5.57. The topological polar surface area (TPSA) is 69.7 Å². The highest BCUT2D eigenvalue weighted by Gasteiger charge is 2.14. The van der Waals surface area contributed by atoms with Gasteiger partial charge in [-0.1, -0.05) is 23.4 Å². The predicted molar refractivity (Wildman–Crippen MR) is 115 cm³/mol. The molecule has 1 aromatic heterocycles. The van der Waals surface area contributed by atoms with Gasteiger partial charge in [-0.25, -0.2) is 4.98 Å². The van der Waals surface area contributed by atoms with E-state index in [9.17, 15) is 4.79 Å². The van der Waals surface area contributed by atoms with E-state index in [4.69, 9.17) is 25.8 Å². The Kier molecular flexibility index (Phi) is 6.88. The van der Waals surface area contributed by atoms with Crippen LogP contribution in [0.15, 0.2) is 34.7 Å². The summed E-state index contributed by atoms with van der Waals surface area (Å²) in [6, 6.07) is 9.02. The molecule has 1 N–H and O–H groups in total. The first-order valence-corrected chi connectivity index (χ1v) is 10.6. The molecule has 0 radical (unpaired) electrons. The molecular weight excluding hydrogens is 420 g/mol. The van der Waals surface area contributed by atoms with Gasteiger partial charge in [0.25, 0.3) is 0 Å². The molecule has 0 fully saturated rings. The third kappa shape index (κ3) is 4.81.